The molecule has 1 fully saturated rings. The molecule has 0 bridgehead atoms. The lowest BCUT2D eigenvalue weighted by molar-refractivity contribution is 0.187. The Balaban J connectivity index is 1.63. The molecule has 0 spiro atoms. The minimum Gasteiger partial charge on any atom is -0.368 e. The van der Waals surface area contributed by atoms with Crippen molar-refractivity contribution in [2.45, 2.75) is 45.1 Å². The van der Waals surface area contributed by atoms with Gasteiger partial charge in [-0.05, 0) is 25.8 Å². The lowest BCUT2D eigenvalue weighted by Gasteiger charge is -2.31. The number of nitrogens with two attached hydrogens (primary N) is 1. The summed E-state index contributed by atoms with van der Waals surface area (Å²) in [5.41, 5.74) is 7.10. The van der Waals surface area contributed by atoms with E-state index in [-0.39, 0.29) is 19.1 Å². The van der Waals surface area contributed by atoms with Crippen LogP contribution in [0.1, 0.15) is 31.6 Å². The van der Waals surface area contributed by atoms with Gasteiger partial charge in [-0.25, -0.2) is 9.79 Å². The number of anilines is 2. The van der Waals surface area contributed by atoms with Gasteiger partial charge in [0.2, 0.25) is 5.95 Å². The topological polar surface area (TPSA) is 136 Å². The maximum Gasteiger partial charge on any atom is 0.332 e. The number of benzene rings is 1. The highest BCUT2D eigenvalue weighted by Crippen LogP contribution is 2.28. The van der Waals surface area contributed by atoms with E-state index in [4.69, 9.17) is 10.7 Å². The Morgan fingerprint density at radius 1 is 1.26 bits per heavy atom. The van der Waals surface area contributed by atoms with Crippen molar-refractivity contribution in [3.8, 4) is 11.8 Å². The van der Waals surface area contributed by atoms with E-state index in [1.54, 1.807) is 24.6 Å². The Morgan fingerprint density at radius 3 is 2.83 bits per heavy atom. The molecular weight excluding hydrogens is 448 g/mol. The van der Waals surface area contributed by atoms with Gasteiger partial charge in [-0.3, -0.25) is 18.5 Å². The third-order valence-electron chi connectivity index (χ3n) is 6.47. The molecule has 2 aromatic heterocycles. The summed E-state index contributed by atoms with van der Waals surface area (Å²) in [5, 5.41) is 13.6. The standard InChI is InChI=1S/C24H28N8O3/c1-3-4-12-31-19-20(28-23(31)30-11-7-8-15(25)13-30)29(2)24(35)32(22(19)34)14-18-26-17-10-6-5-9-16(17)21(33)27-18/h5-6,9-10,15,21,33H,7-8,11-14,25H2,1-2H3,(H,26,27). The number of aryl methyl sites for hydroxylation is 1. The molecule has 2 aliphatic heterocycles. The number of piperidine rings is 1. The predicted molar refractivity (Wildman–Crippen MR) is 135 cm³/mol. The normalized spacial score (nSPS) is 19.5. The highest BCUT2D eigenvalue weighted by atomic mass is 16.3. The van der Waals surface area contributed by atoms with Crippen molar-refractivity contribution < 1.29 is 5.11 Å². The average Bonchev–Trinajstić information content (AvgIpc) is 3.24. The van der Waals surface area contributed by atoms with Gasteiger partial charge >= 0.3 is 5.69 Å². The monoisotopic (exact) mass is 476 g/mol. The molecule has 1 saturated heterocycles. The van der Waals surface area contributed by atoms with Gasteiger partial charge in [0.25, 0.3) is 5.56 Å². The largest absolute Gasteiger partial charge is 0.368 e. The second-order valence-corrected chi connectivity index (χ2v) is 8.84. The Bertz CT molecular complexity index is 1500. The van der Waals surface area contributed by atoms with Crippen LogP contribution in [0.25, 0.3) is 11.2 Å². The number of fused-ring (bicyclic) bond motifs is 2. The van der Waals surface area contributed by atoms with Crippen molar-refractivity contribution >= 4 is 28.6 Å². The summed E-state index contributed by atoms with van der Waals surface area (Å²) in [4.78, 5) is 38.0. The van der Waals surface area contributed by atoms with Gasteiger partial charge < -0.3 is 21.1 Å². The zero-order valence-corrected chi connectivity index (χ0v) is 19.7. The highest BCUT2D eigenvalue weighted by molar-refractivity contribution is 5.97. The van der Waals surface area contributed by atoms with Gasteiger partial charge in [0.05, 0.1) is 13.1 Å². The molecule has 0 amide bonds. The van der Waals surface area contributed by atoms with Gasteiger partial charge in [-0.1, -0.05) is 24.1 Å². The SMILES string of the molecule is CC#CCn1c(N2CCCC(N)C2)nc2c1c(=O)n(CC1=NC(O)c3ccccc3N1)c(=O)n2C. The van der Waals surface area contributed by atoms with E-state index in [1.165, 1.54) is 4.57 Å². The smallest absolute Gasteiger partial charge is 0.332 e. The van der Waals surface area contributed by atoms with Gasteiger partial charge in [-0.15, -0.1) is 5.92 Å². The summed E-state index contributed by atoms with van der Waals surface area (Å²) in [6.45, 7) is 3.24. The number of aliphatic hydroxyl groups excluding tert-OH is 1. The molecule has 2 aliphatic rings. The maximum atomic E-state index is 13.7. The average molecular weight is 477 g/mol. The lowest BCUT2D eigenvalue weighted by atomic mass is 10.1. The van der Waals surface area contributed by atoms with Crippen LogP contribution in [0.15, 0.2) is 38.8 Å². The molecule has 1 aromatic carbocycles. The molecule has 2 atom stereocenters. The number of rotatable bonds is 4. The van der Waals surface area contributed by atoms with Crippen LogP contribution in [0, 0.1) is 11.8 Å². The van der Waals surface area contributed by atoms with E-state index in [9.17, 15) is 14.7 Å². The molecule has 0 saturated carbocycles. The number of nitrogens with one attached hydrogen (secondary N) is 1. The Hall–Kier alpha value is -3.88. The summed E-state index contributed by atoms with van der Waals surface area (Å²) < 4.78 is 4.24. The van der Waals surface area contributed by atoms with E-state index in [2.05, 4.69) is 27.0 Å². The summed E-state index contributed by atoms with van der Waals surface area (Å²) in [5.74, 6) is 6.80. The number of hydrogen-bond donors (Lipinski definition) is 3. The first-order chi connectivity index (χ1) is 16.9. The molecule has 11 nitrogen and oxygen atoms in total. The van der Waals surface area contributed by atoms with Crippen LogP contribution in [0.4, 0.5) is 11.6 Å². The summed E-state index contributed by atoms with van der Waals surface area (Å²) >= 11 is 0. The van der Waals surface area contributed by atoms with Crippen molar-refractivity contribution in [3.63, 3.8) is 0 Å². The van der Waals surface area contributed by atoms with Crippen LogP contribution in [-0.4, -0.2) is 48.8 Å². The molecule has 2 unspecified atom stereocenters. The molecule has 4 N–H and O–H groups in total. The maximum absolute atomic E-state index is 13.7. The van der Waals surface area contributed by atoms with Gasteiger partial charge in [0.1, 0.15) is 5.84 Å². The highest BCUT2D eigenvalue weighted by Gasteiger charge is 2.27. The quantitative estimate of drug-likeness (QED) is 0.463. The number of aliphatic imine (C=N–C) groups is 1. The molecule has 0 aliphatic carbocycles. The molecule has 182 valence electrons. The fraction of sp³-hybridized carbons (Fsp3) is 0.417. The zero-order valence-electron chi connectivity index (χ0n) is 19.7. The van der Waals surface area contributed by atoms with E-state index < -0.39 is 17.5 Å². The van der Waals surface area contributed by atoms with Gasteiger partial charge in [0, 0.05) is 37.4 Å². The van der Waals surface area contributed by atoms with Crippen molar-refractivity contribution in [3.05, 3.63) is 50.7 Å². The molecule has 0 radical (unpaired) electrons. The lowest BCUT2D eigenvalue weighted by Crippen LogP contribution is -2.44. The van der Waals surface area contributed by atoms with E-state index in [0.717, 1.165) is 24.0 Å². The second-order valence-electron chi connectivity index (χ2n) is 8.84. The van der Waals surface area contributed by atoms with Crippen molar-refractivity contribution in [1.82, 2.24) is 18.7 Å². The molecule has 35 heavy (non-hydrogen) atoms. The first kappa shape index (κ1) is 22.9. The van der Waals surface area contributed by atoms with Crippen LogP contribution in [0.2, 0.25) is 0 Å². The van der Waals surface area contributed by atoms with Gasteiger partial charge in [-0.2, -0.15) is 4.98 Å². The first-order valence-corrected chi connectivity index (χ1v) is 11.6. The minimum absolute atomic E-state index is 0.0134. The third kappa shape index (κ3) is 4.00. The molecule has 4 heterocycles. The van der Waals surface area contributed by atoms with E-state index in [0.29, 0.717) is 40.7 Å². The number of amidine groups is 1. The zero-order chi connectivity index (χ0) is 24.7. The number of nitrogens with zero attached hydrogens (tertiary/aromatic N) is 6. The summed E-state index contributed by atoms with van der Waals surface area (Å²) in [6, 6.07) is 7.24. The van der Waals surface area contributed by atoms with Crippen molar-refractivity contribution in [1.29, 1.82) is 0 Å². The molecule has 5 rings (SSSR count). The Morgan fingerprint density at radius 2 is 2.06 bits per heavy atom. The number of imidazole rings is 1. The Kier molecular flexibility index (Phi) is 5.92. The first-order valence-electron chi connectivity index (χ1n) is 11.6. The van der Waals surface area contributed by atoms with Crippen molar-refractivity contribution in [2.75, 3.05) is 23.3 Å². The Labute approximate surface area is 201 Å². The fourth-order valence-corrected chi connectivity index (χ4v) is 4.71. The van der Waals surface area contributed by atoms with Crippen LogP contribution in [-0.2, 0) is 20.1 Å². The predicted octanol–water partition coefficient (Wildman–Crippen LogP) is 0.363. The van der Waals surface area contributed by atoms with Crippen LogP contribution in [0.3, 0.4) is 0 Å². The number of aliphatic hydroxyl groups is 1. The number of aromatic nitrogens is 4. The molecular formula is C24H28N8O3. The summed E-state index contributed by atoms with van der Waals surface area (Å²) in [6.07, 6.45) is 0.773. The minimum atomic E-state index is -1.08. The second kappa shape index (κ2) is 9.05. The number of para-hydroxylation sites is 1. The third-order valence-corrected chi connectivity index (χ3v) is 6.47. The van der Waals surface area contributed by atoms with E-state index in [1.807, 2.05) is 18.2 Å². The molecule has 3 aromatic rings. The van der Waals surface area contributed by atoms with Crippen LogP contribution < -0.4 is 27.2 Å². The van der Waals surface area contributed by atoms with Gasteiger partial charge in [0.15, 0.2) is 17.4 Å². The number of hydrogen-bond acceptors (Lipinski definition) is 8. The van der Waals surface area contributed by atoms with Crippen molar-refractivity contribution in [2.24, 2.45) is 17.8 Å². The van der Waals surface area contributed by atoms with Crippen LogP contribution in [0.5, 0.6) is 0 Å². The molecule has 11 heteroatoms. The fourth-order valence-electron chi connectivity index (χ4n) is 4.71. The van der Waals surface area contributed by atoms with E-state index >= 15 is 0 Å². The summed E-state index contributed by atoms with van der Waals surface area (Å²) in [7, 11) is 1.59. The van der Waals surface area contributed by atoms with Crippen LogP contribution >= 0.6 is 0 Å².